The van der Waals surface area contributed by atoms with Crippen LogP contribution in [-0.2, 0) is 6.42 Å². The molecule has 0 spiro atoms. The largest absolute Gasteiger partial charge is 0.435 e. The summed E-state index contributed by atoms with van der Waals surface area (Å²) < 4.78 is 19.8. The van der Waals surface area contributed by atoms with Crippen LogP contribution in [0.25, 0.3) is 0 Å². The summed E-state index contributed by atoms with van der Waals surface area (Å²) in [6.07, 6.45) is 3.13. The van der Waals surface area contributed by atoms with Crippen molar-refractivity contribution >= 4 is 5.82 Å². The highest BCUT2D eigenvalue weighted by molar-refractivity contribution is 5.50. The third-order valence-corrected chi connectivity index (χ3v) is 3.11. The second kappa shape index (κ2) is 7.02. The summed E-state index contributed by atoms with van der Waals surface area (Å²) in [5.41, 5.74) is 1.42. The number of aryl methyl sites for hydroxylation is 1. The predicted molar refractivity (Wildman–Crippen MR) is 81.4 cm³/mol. The number of aromatic nitrogens is 2. The standard InChI is InChI=1S/C16H20FN3O/c1-4-7-12-15(18-5-2)19-10-20-16(12)21-13-9-6-8-11(3)14(13)17/h6,8-10H,4-5,7H2,1-3H3,(H,18,19,20). The number of anilines is 1. The van der Waals surface area contributed by atoms with E-state index in [4.69, 9.17) is 4.74 Å². The fourth-order valence-electron chi connectivity index (χ4n) is 2.08. The summed E-state index contributed by atoms with van der Waals surface area (Å²) >= 11 is 0. The number of hydrogen-bond donors (Lipinski definition) is 1. The van der Waals surface area contributed by atoms with E-state index in [-0.39, 0.29) is 11.6 Å². The molecule has 0 radical (unpaired) electrons. The first-order valence-electron chi connectivity index (χ1n) is 7.18. The normalized spacial score (nSPS) is 10.5. The van der Waals surface area contributed by atoms with Crippen molar-refractivity contribution in [3.8, 4) is 11.6 Å². The molecule has 21 heavy (non-hydrogen) atoms. The van der Waals surface area contributed by atoms with Crippen molar-refractivity contribution in [3.63, 3.8) is 0 Å². The minimum atomic E-state index is -0.358. The van der Waals surface area contributed by atoms with Gasteiger partial charge >= 0.3 is 0 Å². The van der Waals surface area contributed by atoms with Crippen molar-refractivity contribution in [1.29, 1.82) is 0 Å². The van der Waals surface area contributed by atoms with Crippen molar-refractivity contribution in [2.75, 3.05) is 11.9 Å². The molecule has 0 saturated heterocycles. The van der Waals surface area contributed by atoms with Gasteiger partial charge in [0.15, 0.2) is 11.6 Å². The van der Waals surface area contributed by atoms with E-state index in [1.165, 1.54) is 6.33 Å². The number of nitrogens with one attached hydrogen (secondary N) is 1. The van der Waals surface area contributed by atoms with Gasteiger partial charge in [-0.05, 0) is 31.9 Å². The molecule has 0 aliphatic rings. The second-order valence-corrected chi connectivity index (χ2v) is 4.78. The van der Waals surface area contributed by atoms with E-state index in [0.717, 1.165) is 30.8 Å². The minimum absolute atomic E-state index is 0.188. The van der Waals surface area contributed by atoms with E-state index in [1.54, 1.807) is 25.1 Å². The van der Waals surface area contributed by atoms with Crippen LogP contribution in [-0.4, -0.2) is 16.5 Å². The smallest absolute Gasteiger partial charge is 0.227 e. The lowest BCUT2D eigenvalue weighted by molar-refractivity contribution is 0.419. The van der Waals surface area contributed by atoms with E-state index < -0.39 is 0 Å². The molecule has 0 unspecified atom stereocenters. The number of rotatable bonds is 6. The topological polar surface area (TPSA) is 47.0 Å². The zero-order valence-corrected chi connectivity index (χ0v) is 12.6. The molecule has 4 nitrogen and oxygen atoms in total. The van der Waals surface area contributed by atoms with Crippen LogP contribution in [0.2, 0.25) is 0 Å². The minimum Gasteiger partial charge on any atom is -0.435 e. The quantitative estimate of drug-likeness (QED) is 0.869. The number of nitrogens with zero attached hydrogens (tertiary/aromatic N) is 2. The van der Waals surface area contributed by atoms with Crippen LogP contribution in [0.15, 0.2) is 24.5 Å². The zero-order chi connectivity index (χ0) is 15.2. The van der Waals surface area contributed by atoms with Crippen LogP contribution in [0.1, 0.15) is 31.4 Å². The third kappa shape index (κ3) is 3.48. The molecular weight excluding hydrogens is 269 g/mol. The molecule has 1 aromatic carbocycles. The summed E-state index contributed by atoms with van der Waals surface area (Å²) in [5.74, 6) is 0.988. The highest BCUT2D eigenvalue weighted by atomic mass is 19.1. The Kier molecular flexibility index (Phi) is 5.09. The molecule has 0 saturated carbocycles. The fraction of sp³-hybridized carbons (Fsp3) is 0.375. The SMILES string of the molecule is CCCc1c(NCC)ncnc1Oc1cccc(C)c1F. The molecular formula is C16H20FN3O. The summed E-state index contributed by atoms with van der Waals surface area (Å²) in [4.78, 5) is 8.40. The maximum atomic E-state index is 14.1. The molecule has 2 aromatic rings. The Labute approximate surface area is 124 Å². The Morgan fingerprint density at radius 1 is 1.24 bits per heavy atom. The molecule has 1 N–H and O–H groups in total. The van der Waals surface area contributed by atoms with Gasteiger partial charge in [0, 0.05) is 6.54 Å². The fourth-order valence-corrected chi connectivity index (χ4v) is 2.08. The third-order valence-electron chi connectivity index (χ3n) is 3.11. The Morgan fingerprint density at radius 2 is 2.05 bits per heavy atom. The summed E-state index contributed by atoms with van der Waals surface area (Å²) in [6.45, 7) is 6.53. The van der Waals surface area contributed by atoms with E-state index in [2.05, 4.69) is 22.2 Å². The molecule has 0 fully saturated rings. The lowest BCUT2D eigenvalue weighted by Gasteiger charge is -2.14. The highest BCUT2D eigenvalue weighted by Crippen LogP contribution is 2.30. The van der Waals surface area contributed by atoms with Crippen LogP contribution < -0.4 is 10.1 Å². The number of benzene rings is 1. The second-order valence-electron chi connectivity index (χ2n) is 4.78. The first-order chi connectivity index (χ1) is 10.2. The van der Waals surface area contributed by atoms with Gasteiger partial charge in [-0.15, -0.1) is 0 Å². The van der Waals surface area contributed by atoms with Crippen LogP contribution in [0.5, 0.6) is 11.6 Å². The number of halogens is 1. The van der Waals surface area contributed by atoms with Gasteiger partial charge < -0.3 is 10.1 Å². The van der Waals surface area contributed by atoms with Gasteiger partial charge in [0.2, 0.25) is 5.88 Å². The molecule has 0 amide bonds. The summed E-state index contributed by atoms with van der Waals surface area (Å²) in [6, 6.07) is 5.08. The maximum absolute atomic E-state index is 14.1. The van der Waals surface area contributed by atoms with Gasteiger partial charge in [0.25, 0.3) is 0 Å². The average Bonchev–Trinajstić information content (AvgIpc) is 2.47. The zero-order valence-electron chi connectivity index (χ0n) is 12.6. The molecule has 1 aromatic heterocycles. The van der Waals surface area contributed by atoms with Gasteiger partial charge in [-0.3, -0.25) is 0 Å². The van der Waals surface area contributed by atoms with Crippen LogP contribution in [0, 0.1) is 12.7 Å². The summed E-state index contributed by atoms with van der Waals surface area (Å²) in [7, 11) is 0. The summed E-state index contributed by atoms with van der Waals surface area (Å²) in [5, 5.41) is 3.19. The molecule has 0 aliphatic heterocycles. The van der Waals surface area contributed by atoms with E-state index >= 15 is 0 Å². The first kappa shape index (κ1) is 15.2. The Balaban J connectivity index is 2.38. The molecule has 2 rings (SSSR count). The highest BCUT2D eigenvalue weighted by Gasteiger charge is 2.15. The molecule has 0 bridgehead atoms. The first-order valence-corrected chi connectivity index (χ1v) is 7.18. The number of hydrogen-bond acceptors (Lipinski definition) is 4. The molecule has 0 atom stereocenters. The van der Waals surface area contributed by atoms with Crippen molar-refractivity contribution in [2.24, 2.45) is 0 Å². The molecule has 1 heterocycles. The molecule has 5 heteroatoms. The van der Waals surface area contributed by atoms with Gasteiger partial charge in [-0.2, -0.15) is 0 Å². The lowest BCUT2D eigenvalue weighted by atomic mass is 10.1. The van der Waals surface area contributed by atoms with Crippen LogP contribution in [0.4, 0.5) is 10.2 Å². The van der Waals surface area contributed by atoms with Crippen molar-refractivity contribution in [1.82, 2.24) is 9.97 Å². The van der Waals surface area contributed by atoms with Crippen LogP contribution >= 0.6 is 0 Å². The van der Waals surface area contributed by atoms with Crippen molar-refractivity contribution in [3.05, 3.63) is 41.5 Å². The van der Waals surface area contributed by atoms with Gasteiger partial charge in [-0.1, -0.05) is 25.5 Å². The Morgan fingerprint density at radius 3 is 2.76 bits per heavy atom. The van der Waals surface area contributed by atoms with E-state index in [9.17, 15) is 4.39 Å². The lowest BCUT2D eigenvalue weighted by Crippen LogP contribution is -2.06. The van der Waals surface area contributed by atoms with E-state index in [0.29, 0.717) is 11.4 Å². The molecule has 0 aliphatic carbocycles. The van der Waals surface area contributed by atoms with E-state index in [1.807, 2.05) is 6.92 Å². The molecule has 112 valence electrons. The Hall–Kier alpha value is -2.17. The van der Waals surface area contributed by atoms with Crippen LogP contribution in [0.3, 0.4) is 0 Å². The van der Waals surface area contributed by atoms with Gasteiger partial charge in [0.05, 0.1) is 5.56 Å². The van der Waals surface area contributed by atoms with Gasteiger partial charge in [0.1, 0.15) is 12.1 Å². The Bertz CT molecular complexity index is 616. The average molecular weight is 289 g/mol. The predicted octanol–water partition coefficient (Wildman–Crippen LogP) is 4.10. The van der Waals surface area contributed by atoms with Gasteiger partial charge in [-0.25, -0.2) is 14.4 Å². The number of ether oxygens (including phenoxy) is 1. The maximum Gasteiger partial charge on any atom is 0.227 e. The van der Waals surface area contributed by atoms with Crippen molar-refractivity contribution in [2.45, 2.75) is 33.6 Å². The van der Waals surface area contributed by atoms with Crippen molar-refractivity contribution < 1.29 is 9.13 Å². The monoisotopic (exact) mass is 289 g/mol.